The van der Waals surface area contributed by atoms with Crippen LogP contribution in [0.4, 0.5) is 5.88 Å². The standard InChI is InChI=1S/C9H11NO2S2/c11-7-8-1-2-9(12-8)10-3-5-13-14-6-4-10/h1-2,7H,3-6H2. The molecule has 76 valence electrons. The maximum atomic E-state index is 10.5. The van der Waals surface area contributed by atoms with E-state index in [0.29, 0.717) is 5.76 Å². The minimum absolute atomic E-state index is 0.407. The molecule has 2 heterocycles. The largest absolute Gasteiger partial charge is 0.438 e. The first-order valence-electron chi connectivity index (χ1n) is 4.44. The molecular formula is C9H11NO2S2. The maximum Gasteiger partial charge on any atom is 0.196 e. The Morgan fingerprint density at radius 2 is 2.00 bits per heavy atom. The molecule has 1 saturated heterocycles. The number of hydrogen-bond acceptors (Lipinski definition) is 5. The Bertz CT molecular complexity index is 306. The Morgan fingerprint density at radius 1 is 1.29 bits per heavy atom. The Hall–Kier alpha value is -0.550. The van der Waals surface area contributed by atoms with Crippen LogP contribution in [-0.4, -0.2) is 30.9 Å². The average Bonchev–Trinajstić information content (AvgIpc) is 2.53. The molecule has 0 unspecified atom stereocenters. The molecule has 1 aliphatic heterocycles. The van der Waals surface area contributed by atoms with E-state index in [2.05, 4.69) is 4.90 Å². The fourth-order valence-electron chi connectivity index (χ4n) is 1.32. The number of carbonyl (C=O) groups is 1. The van der Waals surface area contributed by atoms with Gasteiger partial charge in [0.15, 0.2) is 17.9 Å². The Balaban J connectivity index is 2.08. The molecule has 0 amide bonds. The molecule has 0 bridgehead atoms. The molecule has 5 heteroatoms. The summed E-state index contributed by atoms with van der Waals surface area (Å²) in [6, 6.07) is 3.58. The molecule has 14 heavy (non-hydrogen) atoms. The number of furan rings is 1. The highest BCUT2D eigenvalue weighted by atomic mass is 33.1. The minimum atomic E-state index is 0.407. The zero-order valence-corrected chi connectivity index (χ0v) is 9.27. The summed E-state index contributed by atoms with van der Waals surface area (Å²) in [5.74, 6) is 3.42. The number of rotatable bonds is 2. The van der Waals surface area contributed by atoms with Gasteiger partial charge in [0.05, 0.1) is 0 Å². The Labute approximate surface area is 90.6 Å². The van der Waals surface area contributed by atoms with Gasteiger partial charge in [-0.25, -0.2) is 0 Å². The predicted octanol–water partition coefficient (Wildman–Crippen LogP) is 2.29. The molecule has 3 nitrogen and oxygen atoms in total. The highest BCUT2D eigenvalue weighted by Crippen LogP contribution is 2.27. The average molecular weight is 229 g/mol. The molecule has 0 radical (unpaired) electrons. The third kappa shape index (κ3) is 2.27. The van der Waals surface area contributed by atoms with E-state index in [1.165, 1.54) is 0 Å². The number of hydrogen-bond donors (Lipinski definition) is 0. The molecule has 1 fully saturated rings. The van der Waals surface area contributed by atoms with Crippen LogP contribution in [0.1, 0.15) is 10.6 Å². The van der Waals surface area contributed by atoms with Gasteiger partial charge in [0.25, 0.3) is 0 Å². The molecular weight excluding hydrogens is 218 g/mol. The monoisotopic (exact) mass is 229 g/mol. The van der Waals surface area contributed by atoms with Gasteiger partial charge in [-0.2, -0.15) is 0 Å². The van der Waals surface area contributed by atoms with Crippen molar-refractivity contribution in [2.75, 3.05) is 29.5 Å². The van der Waals surface area contributed by atoms with Gasteiger partial charge >= 0.3 is 0 Å². The number of carbonyl (C=O) groups excluding carboxylic acids is 1. The molecule has 0 aliphatic carbocycles. The lowest BCUT2D eigenvalue weighted by molar-refractivity contribution is 0.110. The molecule has 1 aliphatic rings. The van der Waals surface area contributed by atoms with Crippen molar-refractivity contribution in [2.45, 2.75) is 0 Å². The highest BCUT2D eigenvalue weighted by molar-refractivity contribution is 8.76. The van der Waals surface area contributed by atoms with Crippen molar-refractivity contribution < 1.29 is 9.21 Å². The van der Waals surface area contributed by atoms with E-state index >= 15 is 0 Å². The fraction of sp³-hybridized carbons (Fsp3) is 0.444. The van der Waals surface area contributed by atoms with E-state index in [-0.39, 0.29) is 0 Å². The van der Waals surface area contributed by atoms with Crippen LogP contribution in [0.15, 0.2) is 16.5 Å². The van der Waals surface area contributed by atoms with E-state index in [4.69, 9.17) is 4.42 Å². The van der Waals surface area contributed by atoms with Gasteiger partial charge in [0, 0.05) is 30.7 Å². The smallest absolute Gasteiger partial charge is 0.196 e. The lowest BCUT2D eigenvalue weighted by atomic mass is 10.4. The Kier molecular flexibility index (Phi) is 3.42. The number of nitrogens with zero attached hydrogens (tertiary/aromatic N) is 1. The van der Waals surface area contributed by atoms with Gasteiger partial charge in [-0.3, -0.25) is 4.79 Å². The topological polar surface area (TPSA) is 33.5 Å². The van der Waals surface area contributed by atoms with Crippen LogP contribution in [-0.2, 0) is 0 Å². The van der Waals surface area contributed by atoms with Crippen LogP contribution in [0, 0.1) is 0 Å². The summed E-state index contributed by atoms with van der Waals surface area (Å²) in [6.07, 6.45) is 0.741. The van der Waals surface area contributed by atoms with E-state index < -0.39 is 0 Å². The summed E-state index contributed by atoms with van der Waals surface area (Å²) in [6.45, 7) is 1.98. The molecule has 1 aromatic rings. The van der Waals surface area contributed by atoms with Crippen LogP contribution < -0.4 is 4.90 Å². The lowest BCUT2D eigenvalue weighted by Crippen LogP contribution is -2.26. The first-order chi connectivity index (χ1) is 6.90. The lowest BCUT2D eigenvalue weighted by Gasteiger charge is -2.17. The quantitative estimate of drug-likeness (QED) is 0.574. The van der Waals surface area contributed by atoms with Gasteiger partial charge in [-0.05, 0) is 6.07 Å². The highest BCUT2D eigenvalue weighted by Gasteiger charge is 2.13. The zero-order chi connectivity index (χ0) is 9.80. The van der Waals surface area contributed by atoms with Crippen molar-refractivity contribution in [3.63, 3.8) is 0 Å². The van der Waals surface area contributed by atoms with Crippen LogP contribution in [0.5, 0.6) is 0 Å². The first-order valence-corrected chi connectivity index (χ1v) is 6.93. The van der Waals surface area contributed by atoms with E-state index in [0.717, 1.165) is 36.8 Å². The second-order valence-electron chi connectivity index (χ2n) is 2.92. The summed E-state index contributed by atoms with van der Waals surface area (Å²) in [5, 5.41) is 0. The zero-order valence-electron chi connectivity index (χ0n) is 7.64. The van der Waals surface area contributed by atoms with Gasteiger partial charge in [-0.1, -0.05) is 21.6 Å². The van der Waals surface area contributed by atoms with Crippen LogP contribution in [0.3, 0.4) is 0 Å². The van der Waals surface area contributed by atoms with E-state index in [1.54, 1.807) is 6.07 Å². The third-order valence-corrected chi connectivity index (χ3v) is 4.38. The number of anilines is 1. The summed E-state index contributed by atoms with van der Waals surface area (Å²) in [5.41, 5.74) is 0. The summed E-state index contributed by atoms with van der Waals surface area (Å²) >= 11 is 0. The molecule has 0 saturated carbocycles. The van der Waals surface area contributed by atoms with Crippen molar-refractivity contribution in [2.24, 2.45) is 0 Å². The maximum absolute atomic E-state index is 10.5. The summed E-state index contributed by atoms with van der Waals surface area (Å²) in [7, 11) is 3.78. The molecule has 1 aromatic heterocycles. The molecule has 0 spiro atoms. The molecule has 0 atom stereocenters. The molecule has 0 N–H and O–H groups in total. The molecule has 2 rings (SSSR count). The fourth-order valence-corrected chi connectivity index (χ4v) is 3.30. The van der Waals surface area contributed by atoms with Crippen LogP contribution in [0.2, 0.25) is 0 Å². The van der Waals surface area contributed by atoms with E-state index in [1.807, 2.05) is 27.7 Å². The summed E-state index contributed by atoms with van der Waals surface area (Å²) in [4.78, 5) is 12.6. The predicted molar refractivity (Wildman–Crippen MR) is 61.2 cm³/mol. The van der Waals surface area contributed by atoms with Gasteiger partial charge < -0.3 is 9.32 Å². The second kappa shape index (κ2) is 4.79. The van der Waals surface area contributed by atoms with Crippen molar-refractivity contribution >= 4 is 33.8 Å². The van der Waals surface area contributed by atoms with Gasteiger partial charge in [-0.15, -0.1) is 0 Å². The third-order valence-electron chi connectivity index (χ3n) is 2.01. The second-order valence-corrected chi connectivity index (χ2v) is 5.63. The van der Waals surface area contributed by atoms with E-state index in [9.17, 15) is 4.79 Å². The van der Waals surface area contributed by atoms with Gasteiger partial charge in [0.2, 0.25) is 0 Å². The van der Waals surface area contributed by atoms with Crippen LogP contribution >= 0.6 is 21.6 Å². The normalized spacial score (nSPS) is 17.9. The van der Waals surface area contributed by atoms with Crippen molar-refractivity contribution in [1.29, 1.82) is 0 Å². The van der Waals surface area contributed by atoms with Gasteiger partial charge in [0.1, 0.15) is 0 Å². The van der Waals surface area contributed by atoms with Crippen molar-refractivity contribution in [3.8, 4) is 0 Å². The van der Waals surface area contributed by atoms with Crippen LogP contribution in [0.25, 0.3) is 0 Å². The number of aldehydes is 1. The Morgan fingerprint density at radius 3 is 2.57 bits per heavy atom. The molecule has 0 aromatic carbocycles. The van der Waals surface area contributed by atoms with Crippen molar-refractivity contribution in [1.82, 2.24) is 0 Å². The first kappa shape index (κ1) is 9.98. The summed E-state index contributed by atoms with van der Waals surface area (Å²) < 4.78 is 5.37. The minimum Gasteiger partial charge on any atom is -0.438 e. The van der Waals surface area contributed by atoms with Crippen molar-refractivity contribution in [3.05, 3.63) is 17.9 Å². The SMILES string of the molecule is O=Cc1ccc(N2CCSSCC2)o1.